The van der Waals surface area contributed by atoms with Crippen molar-refractivity contribution in [3.63, 3.8) is 0 Å². The van der Waals surface area contributed by atoms with Crippen molar-refractivity contribution in [3.8, 4) is 11.5 Å². The molecule has 0 fully saturated rings. The molecule has 5 heteroatoms. The molecule has 1 aromatic heterocycles. The molecule has 0 amide bonds. The van der Waals surface area contributed by atoms with E-state index in [1.807, 2.05) is 37.4 Å². The van der Waals surface area contributed by atoms with Crippen LogP contribution < -0.4 is 0 Å². The summed E-state index contributed by atoms with van der Waals surface area (Å²) in [5.41, 5.74) is 2.22. The number of carbonyl (C=O) groups excluding carboxylic acids is 1. The van der Waals surface area contributed by atoms with Gasteiger partial charge in [-0.25, -0.2) is 9.78 Å². The maximum absolute atomic E-state index is 11.5. The molecule has 0 radical (unpaired) electrons. The van der Waals surface area contributed by atoms with Gasteiger partial charge in [-0.2, -0.15) is 0 Å². The fourth-order valence-electron chi connectivity index (χ4n) is 1.49. The number of nitrogens with zero attached hydrogens (tertiary/aromatic N) is 1. The molecule has 0 unspecified atom stereocenters. The maximum atomic E-state index is 11.5. The second-order valence-electron chi connectivity index (χ2n) is 3.72. The predicted molar refractivity (Wildman–Crippen MR) is 69.8 cm³/mol. The average Bonchev–Trinajstić information content (AvgIpc) is 2.82. The van der Waals surface area contributed by atoms with Crippen molar-refractivity contribution in [3.05, 3.63) is 35.5 Å². The van der Waals surface area contributed by atoms with E-state index in [0.717, 1.165) is 11.1 Å². The topological polar surface area (TPSA) is 52.3 Å². The number of ether oxygens (including phenoxy) is 1. The molecule has 1 heterocycles. The molecular weight excluding hydrogens is 250 g/mol. The number of benzene rings is 1. The summed E-state index contributed by atoms with van der Waals surface area (Å²) in [7, 11) is 1.33. The summed E-state index contributed by atoms with van der Waals surface area (Å²) in [6.45, 7) is 2.01. The molecule has 0 aliphatic rings. The smallest absolute Gasteiger partial charge is 0.361 e. The van der Waals surface area contributed by atoms with Gasteiger partial charge in [0.2, 0.25) is 11.6 Å². The molecule has 0 atom stereocenters. The van der Waals surface area contributed by atoms with Crippen LogP contribution in [0.2, 0.25) is 0 Å². The number of thioether (sulfide) groups is 1. The lowest BCUT2D eigenvalue weighted by Crippen LogP contribution is -2.02. The number of carbonyl (C=O) groups is 1. The summed E-state index contributed by atoms with van der Waals surface area (Å²) in [5.74, 6) is -0.0544. The third kappa shape index (κ3) is 2.41. The zero-order valence-corrected chi connectivity index (χ0v) is 11.2. The van der Waals surface area contributed by atoms with Gasteiger partial charge in [0.25, 0.3) is 0 Å². The van der Waals surface area contributed by atoms with E-state index in [1.54, 1.807) is 0 Å². The Morgan fingerprint density at radius 2 is 2.00 bits per heavy atom. The largest absolute Gasteiger partial charge is 0.464 e. The minimum atomic E-state index is -0.485. The van der Waals surface area contributed by atoms with Gasteiger partial charge in [0.05, 0.1) is 7.11 Å². The minimum absolute atomic E-state index is 0.223. The van der Waals surface area contributed by atoms with Crippen molar-refractivity contribution < 1.29 is 13.9 Å². The number of esters is 1. The Morgan fingerprint density at radius 3 is 2.56 bits per heavy atom. The van der Waals surface area contributed by atoms with Crippen LogP contribution in [0.5, 0.6) is 0 Å². The van der Waals surface area contributed by atoms with Crippen LogP contribution in [-0.4, -0.2) is 24.3 Å². The van der Waals surface area contributed by atoms with Crippen LogP contribution in [0.1, 0.15) is 16.1 Å². The second kappa shape index (κ2) is 5.27. The van der Waals surface area contributed by atoms with E-state index in [1.165, 1.54) is 18.9 Å². The van der Waals surface area contributed by atoms with Gasteiger partial charge in [-0.3, -0.25) is 0 Å². The van der Waals surface area contributed by atoms with Gasteiger partial charge in [-0.1, -0.05) is 29.5 Å². The van der Waals surface area contributed by atoms with Gasteiger partial charge in [0.1, 0.15) is 0 Å². The van der Waals surface area contributed by atoms with E-state index in [2.05, 4.69) is 9.72 Å². The maximum Gasteiger partial charge on any atom is 0.361 e. The first-order valence-corrected chi connectivity index (χ1v) is 6.58. The highest BCUT2D eigenvalue weighted by molar-refractivity contribution is 7.98. The third-order valence-electron chi connectivity index (χ3n) is 2.46. The molecule has 0 aliphatic carbocycles. The molecule has 0 spiro atoms. The second-order valence-corrected chi connectivity index (χ2v) is 4.50. The van der Waals surface area contributed by atoms with Crippen molar-refractivity contribution in [1.29, 1.82) is 0 Å². The van der Waals surface area contributed by atoms with Crippen LogP contribution in [0.15, 0.2) is 33.8 Å². The van der Waals surface area contributed by atoms with Crippen LogP contribution in [0.3, 0.4) is 0 Å². The molecule has 0 saturated carbocycles. The number of methoxy groups -OCH3 is 1. The van der Waals surface area contributed by atoms with Gasteiger partial charge in [0, 0.05) is 5.56 Å². The molecule has 0 aliphatic heterocycles. The minimum Gasteiger partial charge on any atom is -0.464 e. The normalized spacial score (nSPS) is 10.4. The van der Waals surface area contributed by atoms with E-state index in [-0.39, 0.29) is 5.69 Å². The lowest BCUT2D eigenvalue weighted by Gasteiger charge is -1.95. The van der Waals surface area contributed by atoms with Gasteiger partial charge in [0.15, 0.2) is 5.09 Å². The Kier molecular flexibility index (Phi) is 3.72. The summed E-state index contributed by atoms with van der Waals surface area (Å²) in [5, 5.41) is 0.470. The molecule has 1 aromatic carbocycles. The predicted octanol–water partition coefficient (Wildman–Crippen LogP) is 3.16. The van der Waals surface area contributed by atoms with Crippen molar-refractivity contribution in [1.82, 2.24) is 4.98 Å². The number of oxazole rings is 1. The van der Waals surface area contributed by atoms with Crippen molar-refractivity contribution in [2.75, 3.05) is 13.4 Å². The fourth-order valence-corrected chi connectivity index (χ4v) is 1.97. The average molecular weight is 263 g/mol. The van der Waals surface area contributed by atoms with Crippen LogP contribution in [-0.2, 0) is 4.74 Å². The Morgan fingerprint density at radius 1 is 1.33 bits per heavy atom. The van der Waals surface area contributed by atoms with E-state index < -0.39 is 5.97 Å². The number of hydrogen-bond acceptors (Lipinski definition) is 5. The van der Waals surface area contributed by atoms with Crippen LogP contribution >= 0.6 is 11.8 Å². The Balaban J connectivity index is 2.43. The van der Waals surface area contributed by atoms with Gasteiger partial charge in [-0.15, -0.1) is 0 Å². The summed E-state index contributed by atoms with van der Waals surface area (Å²) in [6, 6.07) is 7.75. The van der Waals surface area contributed by atoms with Crippen LogP contribution in [0.4, 0.5) is 0 Å². The highest BCUT2D eigenvalue weighted by Crippen LogP contribution is 2.28. The first kappa shape index (κ1) is 12.7. The number of hydrogen-bond donors (Lipinski definition) is 0. The summed E-state index contributed by atoms with van der Waals surface area (Å²) in [6.07, 6.45) is 1.83. The summed E-state index contributed by atoms with van der Waals surface area (Å²) in [4.78, 5) is 15.7. The van der Waals surface area contributed by atoms with Gasteiger partial charge < -0.3 is 9.15 Å². The van der Waals surface area contributed by atoms with Crippen LogP contribution in [0.25, 0.3) is 11.5 Å². The zero-order valence-electron chi connectivity index (χ0n) is 10.4. The molecular formula is C13H13NO3S. The number of aromatic nitrogens is 1. The lowest BCUT2D eigenvalue weighted by atomic mass is 10.1. The Labute approximate surface area is 109 Å². The molecule has 2 rings (SSSR count). The quantitative estimate of drug-likeness (QED) is 0.629. The first-order valence-electron chi connectivity index (χ1n) is 5.36. The zero-order chi connectivity index (χ0) is 13.1. The lowest BCUT2D eigenvalue weighted by molar-refractivity contribution is 0.0588. The summed E-state index contributed by atoms with van der Waals surface area (Å²) < 4.78 is 10.2. The van der Waals surface area contributed by atoms with Crippen molar-refractivity contribution in [2.45, 2.75) is 12.0 Å². The van der Waals surface area contributed by atoms with Gasteiger partial charge >= 0.3 is 5.97 Å². The first-order chi connectivity index (χ1) is 8.65. The molecule has 0 saturated heterocycles. The van der Waals surface area contributed by atoms with Gasteiger partial charge in [-0.05, 0) is 25.3 Å². The standard InChI is InChI=1S/C13H13NO3S/c1-8-4-6-9(7-5-8)11-14-10(12(15)16-2)13(17-11)18-3/h4-7H,1-3H3. The highest BCUT2D eigenvalue weighted by atomic mass is 32.2. The van der Waals surface area contributed by atoms with E-state index in [0.29, 0.717) is 11.0 Å². The number of aryl methyl sites for hydroxylation is 1. The van der Waals surface area contributed by atoms with E-state index >= 15 is 0 Å². The molecule has 0 bridgehead atoms. The molecule has 2 aromatic rings. The monoisotopic (exact) mass is 263 g/mol. The highest BCUT2D eigenvalue weighted by Gasteiger charge is 2.20. The fraction of sp³-hybridized carbons (Fsp3) is 0.231. The summed E-state index contributed by atoms with van der Waals surface area (Å²) >= 11 is 1.33. The molecule has 18 heavy (non-hydrogen) atoms. The number of rotatable bonds is 3. The molecule has 0 N–H and O–H groups in total. The van der Waals surface area contributed by atoms with E-state index in [4.69, 9.17) is 4.42 Å². The van der Waals surface area contributed by atoms with E-state index in [9.17, 15) is 4.79 Å². The van der Waals surface area contributed by atoms with Crippen molar-refractivity contribution in [2.24, 2.45) is 0 Å². The SMILES string of the molecule is COC(=O)c1nc(-c2ccc(C)cc2)oc1SC. The Hall–Kier alpha value is -1.75. The Bertz CT molecular complexity index is 560. The van der Waals surface area contributed by atoms with Crippen LogP contribution in [0, 0.1) is 6.92 Å². The molecule has 4 nitrogen and oxygen atoms in total. The van der Waals surface area contributed by atoms with Crippen molar-refractivity contribution >= 4 is 17.7 Å². The third-order valence-corrected chi connectivity index (χ3v) is 3.11. The molecule has 94 valence electrons.